The fourth-order valence-electron chi connectivity index (χ4n) is 2.16. The molecule has 0 aliphatic carbocycles. The normalized spacial score (nSPS) is 10.6. The third kappa shape index (κ3) is 3.24. The van der Waals surface area contributed by atoms with Gasteiger partial charge in [0.25, 0.3) is 0 Å². The van der Waals surface area contributed by atoms with Crippen LogP contribution >= 0.6 is 34.5 Å². The molecule has 4 heteroatoms. The molecule has 0 amide bonds. The summed E-state index contributed by atoms with van der Waals surface area (Å²) in [6, 6.07) is 18.1. The van der Waals surface area contributed by atoms with Crippen molar-refractivity contribution in [3.63, 3.8) is 0 Å². The van der Waals surface area contributed by atoms with Gasteiger partial charge in [0.2, 0.25) is 0 Å². The second kappa shape index (κ2) is 6.52. The molecule has 0 atom stereocenters. The molecule has 0 aliphatic heterocycles. The van der Waals surface area contributed by atoms with Crippen molar-refractivity contribution in [1.29, 1.82) is 0 Å². The van der Waals surface area contributed by atoms with Gasteiger partial charge in [-0.05, 0) is 29.1 Å². The molecule has 0 saturated carbocycles. The first-order chi connectivity index (χ1) is 10.3. The van der Waals surface area contributed by atoms with Gasteiger partial charge < -0.3 is 5.32 Å². The zero-order chi connectivity index (χ0) is 14.7. The molecule has 106 valence electrons. The maximum absolute atomic E-state index is 6.23. The highest BCUT2D eigenvalue weighted by atomic mass is 35.5. The number of para-hydroxylation sites is 1. The Hall–Kier alpha value is -1.48. The maximum Gasteiger partial charge on any atom is 0.0642 e. The van der Waals surface area contributed by atoms with Gasteiger partial charge in [-0.15, -0.1) is 11.3 Å². The van der Waals surface area contributed by atoms with Crippen molar-refractivity contribution in [2.45, 2.75) is 6.54 Å². The maximum atomic E-state index is 6.23. The van der Waals surface area contributed by atoms with Crippen LogP contribution in [-0.2, 0) is 6.54 Å². The SMILES string of the molecule is Clc1cccc(CNc2ccccc2-c2cccs2)c1Cl. The van der Waals surface area contributed by atoms with Gasteiger partial charge in [0.05, 0.1) is 10.0 Å². The van der Waals surface area contributed by atoms with E-state index in [0.717, 1.165) is 11.3 Å². The fourth-order valence-corrected chi connectivity index (χ4v) is 3.31. The summed E-state index contributed by atoms with van der Waals surface area (Å²) in [6.07, 6.45) is 0. The van der Waals surface area contributed by atoms with Gasteiger partial charge in [-0.25, -0.2) is 0 Å². The van der Waals surface area contributed by atoms with E-state index in [9.17, 15) is 0 Å². The van der Waals surface area contributed by atoms with E-state index in [-0.39, 0.29) is 0 Å². The topological polar surface area (TPSA) is 12.0 Å². The lowest BCUT2D eigenvalue weighted by molar-refractivity contribution is 1.15. The Balaban J connectivity index is 1.85. The molecule has 1 heterocycles. The first kappa shape index (κ1) is 14.5. The van der Waals surface area contributed by atoms with E-state index in [1.165, 1.54) is 10.4 Å². The molecule has 1 N–H and O–H groups in total. The minimum Gasteiger partial charge on any atom is -0.380 e. The number of hydrogen-bond acceptors (Lipinski definition) is 2. The minimum atomic E-state index is 0.586. The highest BCUT2D eigenvalue weighted by Crippen LogP contribution is 2.32. The molecular weight excluding hydrogens is 321 g/mol. The molecule has 0 spiro atoms. The van der Waals surface area contributed by atoms with Gasteiger partial charge in [-0.3, -0.25) is 0 Å². The van der Waals surface area contributed by atoms with Crippen LogP contribution in [0.5, 0.6) is 0 Å². The number of hydrogen-bond donors (Lipinski definition) is 1. The van der Waals surface area contributed by atoms with Crippen LogP contribution in [0.15, 0.2) is 60.0 Å². The van der Waals surface area contributed by atoms with E-state index in [1.807, 2.05) is 24.3 Å². The summed E-state index contributed by atoms with van der Waals surface area (Å²) in [5.74, 6) is 0. The third-order valence-corrected chi connectivity index (χ3v) is 4.98. The quantitative estimate of drug-likeness (QED) is 0.587. The van der Waals surface area contributed by atoms with Crippen molar-refractivity contribution < 1.29 is 0 Å². The summed E-state index contributed by atoms with van der Waals surface area (Å²) in [5.41, 5.74) is 3.28. The van der Waals surface area contributed by atoms with Crippen molar-refractivity contribution in [2.24, 2.45) is 0 Å². The van der Waals surface area contributed by atoms with E-state index in [2.05, 4.69) is 35.0 Å². The highest BCUT2D eigenvalue weighted by Gasteiger charge is 2.07. The van der Waals surface area contributed by atoms with Gasteiger partial charge >= 0.3 is 0 Å². The third-order valence-electron chi connectivity index (χ3n) is 3.21. The van der Waals surface area contributed by atoms with E-state index in [0.29, 0.717) is 16.6 Å². The van der Waals surface area contributed by atoms with E-state index in [1.54, 1.807) is 17.4 Å². The Labute approximate surface area is 138 Å². The van der Waals surface area contributed by atoms with Gasteiger partial charge in [-0.1, -0.05) is 59.6 Å². The van der Waals surface area contributed by atoms with E-state index < -0.39 is 0 Å². The van der Waals surface area contributed by atoms with Crippen molar-refractivity contribution in [3.05, 3.63) is 75.6 Å². The number of benzene rings is 2. The number of nitrogens with one attached hydrogen (secondary N) is 1. The molecule has 0 fully saturated rings. The van der Waals surface area contributed by atoms with Crippen molar-refractivity contribution >= 4 is 40.2 Å². The van der Waals surface area contributed by atoms with Crippen LogP contribution in [0.2, 0.25) is 10.0 Å². The average Bonchev–Trinajstić information content (AvgIpc) is 3.03. The Morgan fingerprint density at radius 1 is 0.905 bits per heavy atom. The number of thiophene rings is 1. The van der Waals surface area contributed by atoms with Crippen LogP contribution in [0.25, 0.3) is 10.4 Å². The van der Waals surface area contributed by atoms with Crippen LogP contribution < -0.4 is 5.32 Å². The highest BCUT2D eigenvalue weighted by molar-refractivity contribution is 7.13. The Kier molecular flexibility index (Phi) is 4.49. The zero-order valence-electron chi connectivity index (χ0n) is 11.1. The second-order valence-corrected chi connectivity index (χ2v) is 6.32. The molecule has 3 rings (SSSR count). The monoisotopic (exact) mass is 333 g/mol. The number of halogens is 2. The van der Waals surface area contributed by atoms with Crippen molar-refractivity contribution in [2.75, 3.05) is 5.32 Å². The summed E-state index contributed by atoms with van der Waals surface area (Å²) in [6.45, 7) is 0.641. The molecule has 3 aromatic rings. The molecule has 0 bridgehead atoms. The van der Waals surface area contributed by atoms with Crippen LogP contribution in [0, 0.1) is 0 Å². The molecular formula is C17H13Cl2NS. The first-order valence-corrected chi connectivity index (χ1v) is 8.19. The Bertz CT molecular complexity index is 738. The predicted molar refractivity (Wildman–Crippen MR) is 93.5 cm³/mol. The van der Waals surface area contributed by atoms with Gasteiger partial charge in [0.15, 0.2) is 0 Å². The average molecular weight is 334 g/mol. The van der Waals surface area contributed by atoms with Crippen molar-refractivity contribution in [3.8, 4) is 10.4 Å². The van der Waals surface area contributed by atoms with Gasteiger partial charge in [0, 0.05) is 22.7 Å². The first-order valence-electron chi connectivity index (χ1n) is 6.55. The lowest BCUT2D eigenvalue weighted by Crippen LogP contribution is -2.01. The molecule has 0 radical (unpaired) electrons. The van der Waals surface area contributed by atoms with E-state index >= 15 is 0 Å². The summed E-state index contributed by atoms with van der Waals surface area (Å²) >= 11 is 14.0. The number of anilines is 1. The molecule has 2 aromatic carbocycles. The van der Waals surface area contributed by atoms with Crippen molar-refractivity contribution in [1.82, 2.24) is 0 Å². The summed E-state index contributed by atoms with van der Waals surface area (Å²) in [5, 5.41) is 6.73. The second-order valence-electron chi connectivity index (χ2n) is 4.59. The predicted octanol–water partition coefficient (Wildman–Crippen LogP) is 6.33. The van der Waals surface area contributed by atoms with E-state index in [4.69, 9.17) is 23.2 Å². The molecule has 0 aliphatic rings. The van der Waals surface area contributed by atoms with Gasteiger partial charge in [0.1, 0.15) is 0 Å². The summed E-state index contributed by atoms with van der Waals surface area (Å²) in [7, 11) is 0. The molecule has 1 aromatic heterocycles. The largest absolute Gasteiger partial charge is 0.380 e. The molecule has 1 nitrogen and oxygen atoms in total. The smallest absolute Gasteiger partial charge is 0.0642 e. The fraction of sp³-hybridized carbons (Fsp3) is 0.0588. The summed E-state index contributed by atoms with van der Waals surface area (Å²) in [4.78, 5) is 1.25. The Morgan fingerprint density at radius 3 is 2.57 bits per heavy atom. The lowest BCUT2D eigenvalue weighted by atomic mass is 10.1. The van der Waals surface area contributed by atoms with Crippen LogP contribution in [0.1, 0.15) is 5.56 Å². The van der Waals surface area contributed by atoms with Crippen LogP contribution in [0.3, 0.4) is 0 Å². The molecule has 21 heavy (non-hydrogen) atoms. The van der Waals surface area contributed by atoms with Crippen LogP contribution in [0.4, 0.5) is 5.69 Å². The summed E-state index contributed by atoms with van der Waals surface area (Å²) < 4.78 is 0. The molecule has 0 saturated heterocycles. The minimum absolute atomic E-state index is 0.586. The van der Waals surface area contributed by atoms with Crippen LogP contribution in [-0.4, -0.2) is 0 Å². The lowest BCUT2D eigenvalue weighted by Gasteiger charge is -2.12. The standard InChI is InChI=1S/C17H13Cl2NS/c18-14-7-3-5-12(17(14)19)11-20-15-8-2-1-6-13(15)16-9-4-10-21-16/h1-10,20H,11H2. The number of rotatable bonds is 4. The zero-order valence-corrected chi connectivity index (χ0v) is 13.5. The Morgan fingerprint density at radius 2 is 1.76 bits per heavy atom. The molecule has 0 unspecified atom stereocenters. The van der Waals surface area contributed by atoms with Gasteiger partial charge in [-0.2, -0.15) is 0 Å².